The second-order valence-electron chi connectivity index (χ2n) is 11.5. The highest BCUT2D eigenvalue weighted by Crippen LogP contribution is 2.34. The van der Waals surface area contributed by atoms with E-state index in [4.69, 9.17) is 0 Å². The maximum absolute atomic E-state index is 13.6. The van der Waals surface area contributed by atoms with Crippen molar-refractivity contribution in [2.75, 3.05) is 39.3 Å². The number of halogens is 2. The minimum absolute atomic E-state index is 0.0226. The SMILES string of the molecule is O[C@H](c1ccc(F)cc1)[C@H](CC[C@H](CN1CCCCCC1)[C@@H](O)c1ccc(F)cc1)CN1CCCCCC1. The molecule has 0 unspecified atom stereocenters. The smallest absolute Gasteiger partial charge is 0.123 e. The highest BCUT2D eigenvalue weighted by atomic mass is 19.1. The zero-order valence-corrected chi connectivity index (χ0v) is 22.8. The number of aliphatic hydroxyl groups excluding tert-OH is 2. The van der Waals surface area contributed by atoms with Crippen LogP contribution >= 0.6 is 0 Å². The average Bonchev–Trinajstić information content (AvgIpc) is 3.35. The Bertz CT molecular complexity index is 846. The Labute approximate surface area is 227 Å². The van der Waals surface area contributed by atoms with E-state index in [1.807, 2.05) is 0 Å². The molecule has 2 aliphatic heterocycles. The molecule has 2 aromatic carbocycles. The van der Waals surface area contributed by atoms with Gasteiger partial charge in [-0.3, -0.25) is 0 Å². The number of nitrogens with zero attached hydrogens (tertiary/aromatic N) is 2. The van der Waals surface area contributed by atoms with Crippen molar-refractivity contribution in [2.45, 2.75) is 76.4 Å². The molecule has 2 N–H and O–H groups in total. The first kappa shape index (κ1) is 29.1. The molecule has 4 rings (SSSR count). The second-order valence-corrected chi connectivity index (χ2v) is 11.5. The molecular weight excluding hydrogens is 482 g/mol. The Morgan fingerprint density at radius 2 is 0.842 bits per heavy atom. The highest BCUT2D eigenvalue weighted by Gasteiger charge is 2.29. The van der Waals surface area contributed by atoms with E-state index < -0.39 is 12.2 Å². The summed E-state index contributed by atoms with van der Waals surface area (Å²) in [5.41, 5.74) is 1.49. The lowest BCUT2D eigenvalue weighted by Crippen LogP contribution is -2.36. The number of hydrogen-bond acceptors (Lipinski definition) is 4. The van der Waals surface area contributed by atoms with E-state index in [2.05, 4.69) is 9.80 Å². The maximum atomic E-state index is 13.6. The molecule has 2 fully saturated rings. The Morgan fingerprint density at radius 1 is 0.526 bits per heavy atom. The van der Waals surface area contributed by atoms with Crippen LogP contribution in [0.1, 0.15) is 87.5 Å². The molecule has 4 nitrogen and oxygen atoms in total. The van der Waals surface area contributed by atoms with E-state index >= 15 is 0 Å². The van der Waals surface area contributed by atoms with Gasteiger partial charge in [-0.15, -0.1) is 0 Å². The van der Waals surface area contributed by atoms with Crippen LogP contribution in [-0.2, 0) is 0 Å². The molecule has 210 valence electrons. The zero-order chi connectivity index (χ0) is 26.7. The van der Waals surface area contributed by atoms with Gasteiger partial charge in [-0.25, -0.2) is 8.78 Å². The van der Waals surface area contributed by atoms with Gasteiger partial charge in [0.25, 0.3) is 0 Å². The van der Waals surface area contributed by atoms with Gasteiger partial charge in [0.1, 0.15) is 11.6 Å². The van der Waals surface area contributed by atoms with Crippen LogP contribution in [-0.4, -0.2) is 59.3 Å². The van der Waals surface area contributed by atoms with Crippen molar-refractivity contribution >= 4 is 0 Å². The fourth-order valence-electron chi connectivity index (χ4n) is 6.29. The van der Waals surface area contributed by atoms with Gasteiger partial charge in [0.2, 0.25) is 0 Å². The fraction of sp³-hybridized carbons (Fsp3) is 0.625. The normalized spacial score (nSPS) is 21.3. The van der Waals surface area contributed by atoms with Crippen molar-refractivity contribution in [3.05, 3.63) is 71.3 Å². The monoisotopic (exact) mass is 528 g/mol. The van der Waals surface area contributed by atoms with Gasteiger partial charge in [-0.2, -0.15) is 0 Å². The van der Waals surface area contributed by atoms with Crippen LogP contribution in [0, 0.1) is 23.5 Å². The van der Waals surface area contributed by atoms with Crippen LogP contribution in [0.15, 0.2) is 48.5 Å². The molecule has 4 atom stereocenters. The zero-order valence-electron chi connectivity index (χ0n) is 22.8. The molecule has 0 radical (unpaired) electrons. The van der Waals surface area contributed by atoms with Gasteiger partial charge < -0.3 is 20.0 Å². The topological polar surface area (TPSA) is 46.9 Å². The predicted molar refractivity (Wildman–Crippen MR) is 149 cm³/mol. The standard InChI is InChI=1S/C32H46F2N2O2/c33-29-15-11-25(12-16-29)31(37)27(23-35-19-5-1-2-6-20-35)9-10-28(24-36-21-7-3-4-8-22-36)32(38)26-13-17-30(34)18-14-26/h11-18,27-28,31-32,37-38H,1-10,19-24H2/t27-,28-,31-,32+/m1/s1. The maximum Gasteiger partial charge on any atom is 0.123 e. The van der Waals surface area contributed by atoms with Gasteiger partial charge in [-0.05, 0) is 100 Å². The lowest BCUT2D eigenvalue weighted by molar-refractivity contribution is 0.0449. The van der Waals surface area contributed by atoms with Crippen molar-refractivity contribution in [3.63, 3.8) is 0 Å². The lowest BCUT2D eigenvalue weighted by Gasteiger charge is -2.33. The molecule has 0 bridgehead atoms. The quantitative estimate of drug-likeness (QED) is 0.350. The van der Waals surface area contributed by atoms with Gasteiger partial charge in [0.05, 0.1) is 12.2 Å². The molecule has 2 aliphatic rings. The molecule has 0 aromatic heterocycles. The summed E-state index contributed by atoms with van der Waals surface area (Å²) in [5.74, 6) is -0.647. The second kappa shape index (κ2) is 15.1. The summed E-state index contributed by atoms with van der Waals surface area (Å²) in [6.07, 6.45) is 9.86. The van der Waals surface area contributed by atoms with E-state index in [0.717, 1.165) is 63.2 Å². The molecule has 0 spiro atoms. The number of aliphatic hydroxyl groups is 2. The molecule has 2 aromatic rings. The van der Waals surface area contributed by atoms with Crippen molar-refractivity contribution < 1.29 is 19.0 Å². The summed E-state index contributed by atoms with van der Waals surface area (Å²) < 4.78 is 27.2. The third-order valence-electron chi connectivity index (χ3n) is 8.61. The summed E-state index contributed by atoms with van der Waals surface area (Å²) in [4.78, 5) is 4.95. The summed E-state index contributed by atoms with van der Waals surface area (Å²) in [7, 11) is 0. The minimum Gasteiger partial charge on any atom is -0.388 e. The van der Waals surface area contributed by atoms with E-state index in [-0.39, 0.29) is 23.5 Å². The fourth-order valence-corrected chi connectivity index (χ4v) is 6.29. The first-order valence-corrected chi connectivity index (χ1v) is 14.8. The first-order chi connectivity index (χ1) is 18.5. The Kier molecular flexibility index (Phi) is 11.5. The summed E-state index contributed by atoms with van der Waals surface area (Å²) in [5, 5.41) is 22.9. The van der Waals surface area contributed by atoms with Crippen molar-refractivity contribution in [3.8, 4) is 0 Å². The van der Waals surface area contributed by atoms with Crippen LogP contribution in [0.2, 0.25) is 0 Å². The highest BCUT2D eigenvalue weighted by molar-refractivity contribution is 5.20. The molecule has 6 heteroatoms. The molecule has 0 saturated carbocycles. The lowest BCUT2D eigenvalue weighted by atomic mass is 9.84. The minimum atomic E-state index is -0.694. The Balaban J connectivity index is 1.51. The Morgan fingerprint density at radius 3 is 1.16 bits per heavy atom. The predicted octanol–water partition coefficient (Wildman–Crippen LogP) is 6.50. The van der Waals surface area contributed by atoms with Crippen molar-refractivity contribution in [1.29, 1.82) is 0 Å². The number of hydrogen-bond donors (Lipinski definition) is 2. The largest absolute Gasteiger partial charge is 0.388 e. The third-order valence-corrected chi connectivity index (χ3v) is 8.61. The molecule has 0 aliphatic carbocycles. The van der Waals surface area contributed by atoms with Crippen LogP contribution in [0.5, 0.6) is 0 Å². The summed E-state index contributed by atoms with van der Waals surface area (Å²) in [6.45, 7) is 5.76. The van der Waals surface area contributed by atoms with Gasteiger partial charge >= 0.3 is 0 Å². The van der Waals surface area contributed by atoms with E-state index in [0.29, 0.717) is 0 Å². The molecular formula is C32H46F2N2O2. The average molecular weight is 529 g/mol. The first-order valence-electron chi connectivity index (χ1n) is 14.8. The third kappa shape index (κ3) is 8.84. The molecule has 2 saturated heterocycles. The molecule has 0 amide bonds. The summed E-state index contributed by atoms with van der Waals surface area (Å²) >= 11 is 0. The van der Waals surface area contributed by atoms with E-state index in [1.165, 1.54) is 75.6 Å². The number of benzene rings is 2. The van der Waals surface area contributed by atoms with Gasteiger partial charge in [-0.1, -0.05) is 49.9 Å². The van der Waals surface area contributed by atoms with Crippen LogP contribution in [0.4, 0.5) is 8.78 Å². The van der Waals surface area contributed by atoms with Crippen LogP contribution < -0.4 is 0 Å². The number of rotatable bonds is 11. The van der Waals surface area contributed by atoms with E-state index in [1.54, 1.807) is 24.3 Å². The summed E-state index contributed by atoms with van der Waals surface area (Å²) in [6, 6.07) is 12.4. The molecule has 2 heterocycles. The Hall–Kier alpha value is -1.86. The van der Waals surface area contributed by atoms with Crippen LogP contribution in [0.25, 0.3) is 0 Å². The van der Waals surface area contributed by atoms with Gasteiger partial charge in [0, 0.05) is 24.9 Å². The molecule has 38 heavy (non-hydrogen) atoms. The number of likely N-dealkylation sites (tertiary alicyclic amines) is 2. The van der Waals surface area contributed by atoms with Crippen molar-refractivity contribution in [1.82, 2.24) is 9.80 Å². The van der Waals surface area contributed by atoms with Crippen molar-refractivity contribution in [2.24, 2.45) is 11.8 Å². The van der Waals surface area contributed by atoms with Gasteiger partial charge in [0.15, 0.2) is 0 Å². The van der Waals surface area contributed by atoms with Crippen LogP contribution in [0.3, 0.4) is 0 Å². The van der Waals surface area contributed by atoms with E-state index in [9.17, 15) is 19.0 Å².